The third-order valence-electron chi connectivity index (χ3n) is 3.08. The molecule has 0 saturated heterocycles. The number of anilines is 1. The first-order chi connectivity index (χ1) is 11.0. The van der Waals surface area contributed by atoms with Crippen LogP contribution in [0.2, 0.25) is 0 Å². The predicted octanol–water partition coefficient (Wildman–Crippen LogP) is 4.29. The summed E-state index contributed by atoms with van der Waals surface area (Å²) in [7, 11) is 0. The van der Waals surface area contributed by atoms with E-state index in [0.29, 0.717) is 6.54 Å². The van der Waals surface area contributed by atoms with Crippen LogP contribution in [0.4, 0.5) is 5.69 Å². The molecule has 7 heteroatoms. The Labute approximate surface area is 149 Å². The van der Waals surface area contributed by atoms with Gasteiger partial charge in [0.05, 0.1) is 6.54 Å². The van der Waals surface area contributed by atoms with E-state index in [1.54, 1.807) is 23.6 Å². The Hall–Kier alpha value is -1.37. The van der Waals surface area contributed by atoms with E-state index in [-0.39, 0.29) is 5.91 Å². The fourth-order valence-corrected chi connectivity index (χ4v) is 3.75. The maximum Gasteiger partial charge on any atom is 0.245 e. The van der Waals surface area contributed by atoms with Crippen molar-refractivity contribution in [3.05, 3.63) is 47.5 Å². The second kappa shape index (κ2) is 8.47. The van der Waals surface area contributed by atoms with E-state index in [0.717, 1.165) is 26.4 Å². The van der Waals surface area contributed by atoms with Crippen LogP contribution < -0.4 is 4.90 Å². The highest BCUT2D eigenvalue weighted by Gasteiger charge is 2.23. The Bertz CT molecular complexity index is 687. The molecule has 0 aliphatic heterocycles. The highest BCUT2D eigenvalue weighted by atomic mass is 35.5. The topological polar surface area (TPSA) is 46.1 Å². The Balaban J connectivity index is 2.25. The van der Waals surface area contributed by atoms with Crippen molar-refractivity contribution in [3.63, 3.8) is 0 Å². The maximum atomic E-state index is 12.5. The smallest absolute Gasteiger partial charge is 0.245 e. The van der Waals surface area contributed by atoms with Crippen LogP contribution in [-0.4, -0.2) is 27.2 Å². The Morgan fingerprint density at radius 2 is 2.22 bits per heavy atom. The minimum atomic E-state index is -0.600. The molecule has 1 unspecified atom stereocenters. The van der Waals surface area contributed by atoms with E-state index in [1.165, 1.54) is 11.3 Å². The molecular weight excluding hydrogens is 350 g/mol. The second-order valence-corrected chi connectivity index (χ2v) is 7.87. The first-order valence-electron chi connectivity index (χ1n) is 7.10. The van der Waals surface area contributed by atoms with Crippen LogP contribution in [0.5, 0.6) is 0 Å². The molecule has 0 fully saturated rings. The number of aryl methyl sites for hydroxylation is 1. The standard InChI is InChI=1S/C16H18ClN3OS2/c1-4-9-22-16-19-18-14(23-16)10-20(15(21)12(3)17)13-8-6-5-7-11(13)2/h4-8,12H,1,9-10H2,2-3H3. The van der Waals surface area contributed by atoms with Gasteiger partial charge in [-0.3, -0.25) is 4.79 Å². The molecule has 0 spiro atoms. The number of nitrogens with zero attached hydrogens (tertiary/aromatic N) is 3. The normalized spacial score (nSPS) is 12.0. The summed E-state index contributed by atoms with van der Waals surface area (Å²) in [6, 6.07) is 7.74. The van der Waals surface area contributed by atoms with E-state index in [4.69, 9.17) is 11.6 Å². The number of benzene rings is 1. The molecule has 0 radical (unpaired) electrons. The molecule has 1 aromatic carbocycles. The van der Waals surface area contributed by atoms with Crippen LogP contribution in [-0.2, 0) is 11.3 Å². The number of carbonyl (C=O) groups is 1. The van der Waals surface area contributed by atoms with Gasteiger partial charge in [0, 0.05) is 11.4 Å². The predicted molar refractivity (Wildman–Crippen MR) is 98.5 cm³/mol. The van der Waals surface area contributed by atoms with Gasteiger partial charge >= 0.3 is 0 Å². The molecule has 0 aliphatic rings. The number of halogens is 1. The van der Waals surface area contributed by atoms with Crippen molar-refractivity contribution < 1.29 is 4.79 Å². The summed E-state index contributed by atoms with van der Waals surface area (Å²) in [5.41, 5.74) is 1.87. The SMILES string of the molecule is C=CCSc1nnc(CN(C(=O)C(C)Cl)c2ccccc2C)s1. The van der Waals surface area contributed by atoms with Gasteiger partial charge in [-0.25, -0.2) is 0 Å². The van der Waals surface area contributed by atoms with Crippen LogP contribution in [0, 0.1) is 6.92 Å². The summed E-state index contributed by atoms with van der Waals surface area (Å²) >= 11 is 9.09. The van der Waals surface area contributed by atoms with E-state index >= 15 is 0 Å². The van der Waals surface area contributed by atoms with Gasteiger partial charge in [-0.15, -0.1) is 28.4 Å². The minimum absolute atomic E-state index is 0.142. The number of hydrogen-bond donors (Lipinski definition) is 0. The summed E-state index contributed by atoms with van der Waals surface area (Å²) in [6.07, 6.45) is 1.82. The lowest BCUT2D eigenvalue weighted by atomic mass is 10.1. The van der Waals surface area contributed by atoms with Crippen LogP contribution in [0.25, 0.3) is 0 Å². The van der Waals surface area contributed by atoms with E-state index in [1.807, 2.05) is 37.3 Å². The summed E-state index contributed by atoms with van der Waals surface area (Å²) in [5, 5.41) is 8.51. The van der Waals surface area contributed by atoms with Gasteiger partial charge in [-0.1, -0.05) is 47.4 Å². The maximum absolute atomic E-state index is 12.5. The first kappa shape index (κ1) is 18.0. The van der Waals surface area contributed by atoms with Crippen molar-refractivity contribution in [2.45, 2.75) is 30.1 Å². The lowest BCUT2D eigenvalue weighted by Crippen LogP contribution is -2.35. The number of aromatic nitrogens is 2. The largest absolute Gasteiger partial charge is 0.304 e. The Kier molecular flexibility index (Phi) is 6.62. The van der Waals surface area contributed by atoms with E-state index in [9.17, 15) is 4.79 Å². The van der Waals surface area contributed by atoms with Crippen LogP contribution in [0.3, 0.4) is 0 Å². The average molecular weight is 368 g/mol. The first-order valence-corrected chi connectivity index (χ1v) is 9.34. The summed E-state index contributed by atoms with van der Waals surface area (Å²) in [6.45, 7) is 7.71. The molecule has 2 aromatic rings. The summed E-state index contributed by atoms with van der Waals surface area (Å²) in [5.74, 6) is 0.643. The Morgan fingerprint density at radius 3 is 2.87 bits per heavy atom. The number of carbonyl (C=O) groups excluding carboxylic acids is 1. The zero-order valence-electron chi connectivity index (χ0n) is 13.0. The van der Waals surface area contributed by atoms with Crippen molar-refractivity contribution in [2.24, 2.45) is 0 Å². The monoisotopic (exact) mass is 367 g/mol. The molecule has 1 amide bonds. The van der Waals surface area contributed by atoms with Gasteiger partial charge in [-0.05, 0) is 25.5 Å². The zero-order chi connectivity index (χ0) is 16.8. The number of thioether (sulfide) groups is 1. The highest BCUT2D eigenvalue weighted by Crippen LogP contribution is 2.27. The van der Waals surface area contributed by atoms with Crippen LogP contribution in [0.1, 0.15) is 17.5 Å². The molecule has 1 aromatic heterocycles. The molecule has 0 N–H and O–H groups in total. The van der Waals surface area contributed by atoms with Gasteiger partial charge in [0.15, 0.2) is 4.34 Å². The van der Waals surface area contributed by atoms with E-state index in [2.05, 4.69) is 16.8 Å². The fourth-order valence-electron chi connectivity index (χ4n) is 1.99. The zero-order valence-corrected chi connectivity index (χ0v) is 15.4. The number of alkyl halides is 1. The van der Waals surface area contributed by atoms with Gasteiger partial charge in [0.2, 0.25) is 5.91 Å². The Morgan fingerprint density at radius 1 is 1.48 bits per heavy atom. The van der Waals surface area contributed by atoms with Crippen molar-refractivity contribution in [2.75, 3.05) is 10.7 Å². The molecule has 0 bridgehead atoms. The van der Waals surface area contributed by atoms with Gasteiger partial charge in [0.25, 0.3) is 0 Å². The molecule has 4 nitrogen and oxygen atoms in total. The van der Waals surface area contributed by atoms with E-state index < -0.39 is 5.38 Å². The van der Waals surface area contributed by atoms with Crippen molar-refractivity contribution >= 4 is 46.3 Å². The molecule has 0 aliphatic carbocycles. The molecule has 1 atom stereocenters. The summed E-state index contributed by atoms with van der Waals surface area (Å²) < 4.78 is 0.871. The minimum Gasteiger partial charge on any atom is -0.304 e. The van der Waals surface area contributed by atoms with Crippen molar-refractivity contribution in [1.29, 1.82) is 0 Å². The highest BCUT2D eigenvalue weighted by molar-refractivity contribution is 8.01. The van der Waals surface area contributed by atoms with Crippen molar-refractivity contribution in [3.8, 4) is 0 Å². The van der Waals surface area contributed by atoms with Gasteiger partial charge < -0.3 is 4.90 Å². The molecule has 0 saturated carbocycles. The molecule has 1 heterocycles. The van der Waals surface area contributed by atoms with Gasteiger partial charge in [0.1, 0.15) is 10.4 Å². The number of para-hydroxylation sites is 1. The third kappa shape index (κ3) is 4.80. The molecule has 2 rings (SSSR count). The molecule has 122 valence electrons. The van der Waals surface area contributed by atoms with Crippen LogP contribution in [0.15, 0.2) is 41.3 Å². The quantitative estimate of drug-likeness (QED) is 0.416. The third-order valence-corrected chi connectivity index (χ3v) is 5.30. The molecular formula is C16H18ClN3OS2. The number of rotatable bonds is 7. The lowest BCUT2D eigenvalue weighted by Gasteiger charge is -2.24. The van der Waals surface area contributed by atoms with Crippen LogP contribution >= 0.6 is 34.7 Å². The van der Waals surface area contributed by atoms with Crippen molar-refractivity contribution in [1.82, 2.24) is 10.2 Å². The second-order valence-electron chi connectivity index (χ2n) is 4.89. The fraction of sp³-hybridized carbons (Fsp3) is 0.312. The average Bonchev–Trinajstić information content (AvgIpc) is 2.98. The number of amides is 1. The summed E-state index contributed by atoms with van der Waals surface area (Å²) in [4.78, 5) is 14.2. The number of hydrogen-bond acceptors (Lipinski definition) is 5. The van der Waals surface area contributed by atoms with Gasteiger partial charge in [-0.2, -0.15) is 0 Å². The lowest BCUT2D eigenvalue weighted by molar-refractivity contribution is -0.118. The molecule has 23 heavy (non-hydrogen) atoms.